The number of aromatic hydroxyl groups is 1. The lowest BCUT2D eigenvalue weighted by molar-refractivity contribution is 0.433. The van der Waals surface area contributed by atoms with Gasteiger partial charge >= 0.3 is 0 Å². The van der Waals surface area contributed by atoms with Gasteiger partial charge in [0, 0.05) is 0 Å². The van der Waals surface area contributed by atoms with Crippen molar-refractivity contribution in [3.05, 3.63) is 29.1 Å². The predicted molar refractivity (Wildman–Crippen MR) is 58.6 cm³/mol. The van der Waals surface area contributed by atoms with Gasteiger partial charge in [-0.3, -0.25) is 0 Å². The zero-order chi connectivity index (χ0) is 11.5. The number of hydrogen-bond acceptors (Lipinski definition) is 2. The molecule has 16 heavy (non-hydrogen) atoms. The third-order valence-electron chi connectivity index (χ3n) is 3.28. The van der Waals surface area contributed by atoms with Gasteiger partial charge in [0.05, 0.1) is 0 Å². The van der Waals surface area contributed by atoms with Gasteiger partial charge < -0.3 is 5.11 Å². The zero-order valence-corrected chi connectivity index (χ0v) is 9.04. The third kappa shape index (κ3) is 2.01. The number of nitriles is 1. The average molecular weight is 219 g/mol. The summed E-state index contributed by atoms with van der Waals surface area (Å²) in [6.45, 7) is 0. The minimum Gasteiger partial charge on any atom is -0.506 e. The maximum absolute atomic E-state index is 13.5. The highest BCUT2D eigenvalue weighted by atomic mass is 19.1. The Kier molecular flexibility index (Phi) is 3.09. The van der Waals surface area contributed by atoms with Crippen LogP contribution in [-0.4, -0.2) is 5.11 Å². The minimum absolute atomic E-state index is 0.233. The molecule has 0 aromatic heterocycles. The molecule has 1 saturated carbocycles. The van der Waals surface area contributed by atoms with Crippen LogP contribution >= 0.6 is 0 Å². The average Bonchev–Trinajstić information content (AvgIpc) is 2.30. The molecule has 0 spiro atoms. The van der Waals surface area contributed by atoms with E-state index < -0.39 is 5.82 Å². The first-order valence-electron chi connectivity index (χ1n) is 5.65. The Labute approximate surface area is 94.3 Å². The SMILES string of the molecule is N#Cc1c(O)cc(C2CCCCC2)cc1F. The Morgan fingerprint density at radius 2 is 1.94 bits per heavy atom. The van der Waals surface area contributed by atoms with E-state index in [2.05, 4.69) is 0 Å². The fourth-order valence-corrected chi connectivity index (χ4v) is 2.39. The van der Waals surface area contributed by atoms with Crippen LogP contribution < -0.4 is 0 Å². The molecule has 2 nitrogen and oxygen atoms in total. The van der Waals surface area contributed by atoms with Crippen molar-refractivity contribution in [2.45, 2.75) is 38.0 Å². The van der Waals surface area contributed by atoms with Crippen molar-refractivity contribution in [3.63, 3.8) is 0 Å². The Balaban J connectivity index is 2.32. The number of hydrogen-bond donors (Lipinski definition) is 1. The lowest BCUT2D eigenvalue weighted by Gasteiger charge is -2.22. The number of halogens is 1. The van der Waals surface area contributed by atoms with E-state index in [0.717, 1.165) is 31.2 Å². The molecule has 1 fully saturated rings. The van der Waals surface area contributed by atoms with Crippen LogP contribution in [0, 0.1) is 17.1 Å². The molecule has 1 aliphatic rings. The van der Waals surface area contributed by atoms with E-state index in [-0.39, 0.29) is 11.3 Å². The Morgan fingerprint density at radius 1 is 1.25 bits per heavy atom. The third-order valence-corrected chi connectivity index (χ3v) is 3.28. The van der Waals surface area contributed by atoms with Gasteiger partial charge in [-0.2, -0.15) is 5.26 Å². The van der Waals surface area contributed by atoms with Crippen LogP contribution in [-0.2, 0) is 0 Å². The van der Waals surface area contributed by atoms with Crippen LogP contribution in [0.5, 0.6) is 5.75 Å². The van der Waals surface area contributed by atoms with Crippen molar-refractivity contribution < 1.29 is 9.50 Å². The molecule has 0 bridgehead atoms. The molecule has 1 aliphatic carbocycles. The molecular formula is C13H14FNO. The summed E-state index contributed by atoms with van der Waals surface area (Å²) < 4.78 is 13.5. The van der Waals surface area contributed by atoms with Crippen LogP contribution in [0.3, 0.4) is 0 Å². The van der Waals surface area contributed by atoms with Crippen LogP contribution in [0.15, 0.2) is 12.1 Å². The van der Waals surface area contributed by atoms with E-state index in [1.54, 1.807) is 6.07 Å². The zero-order valence-electron chi connectivity index (χ0n) is 9.04. The van der Waals surface area contributed by atoms with Crippen molar-refractivity contribution in [2.75, 3.05) is 0 Å². The second-order valence-corrected chi connectivity index (χ2v) is 4.34. The second kappa shape index (κ2) is 4.52. The van der Waals surface area contributed by atoms with Gasteiger partial charge in [0.2, 0.25) is 0 Å². The highest BCUT2D eigenvalue weighted by Gasteiger charge is 2.19. The van der Waals surface area contributed by atoms with Crippen molar-refractivity contribution in [2.24, 2.45) is 0 Å². The molecule has 2 rings (SSSR count). The van der Waals surface area contributed by atoms with E-state index >= 15 is 0 Å². The summed E-state index contributed by atoms with van der Waals surface area (Å²) in [5, 5.41) is 18.2. The largest absolute Gasteiger partial charge is 0.506 e. The summed E-state index contributed by atoms with van der Waals surface area (Å²) in [6, 6.07) is 4.61. The van der Waals surface area contributed by atoms with E-state index in [1.807, 2.05) is 0 Å². The molecular weight excluding hydrogens is 205 g/mol. The van der Waals surface area contributed by atoms with Gasteiger partial charge in [-0.1, -0.05) is 19.3 Å². The van der Waals surface area contributed by atoms with E-state index in [0.29, 0.717) is 5.92 Å². The van der Waals surface area contributed by atoms with Gasteiger partial charge in [-0.25, -0.2) is 4.39 Å². The monoisotopic (exact) mass is 219 g/mol. The number of benzene rings is 1. The van der Waals surface area contributed by atoms with E-state index in [4.69, 9.17) is 5.26 Å². The molecule has 0 unspecified atom stereocenters. The van der Waals surface area contributed by atoms with Gasteiger partial charge in [-0.05, 0) is 36.5 Å². The van der Waals surface area contributed by atoms with E-state index in [1.165, 1.54) is 18.6 Å². The topological polar surface area (TPSA) is 44.0 Å². The lowest BCUT2D eigenvalue weighted by atomic mass is 9.83. The Hall–Kier alpha value is -1.56. The van der Waals surface area contributed by atoms with Crippen molar-refractivity contribution in [3.8, 4) is 11.8 Å². The van der Waals surface area contributed by atoms with Gasteiger partial charge in [-0.15, -0.1) is 0 Å². The van der Waals surface area contributed by atoms with Crippen molar-refractivity contribution in [1.82, 2.24) is 0 Å². The number of phenols is 1. The first-order valence-corrected chi connectivity index (χ1v) is 5.65. The summed E-state index contributed by atoms with van der Waals surface area (Å²) in [6.07, 6.45) is 5.65. The lowest BCUT2D eigenvalue weighted by Crippen LogP contribution is -2.05. The van der Waals surface area contributed by atoms with Crippen LogP contribution in [0.2, 0.25) is 0 Å². The Morgan fingerprint density at radius 3 is 2.50 bits per heavy atom. The predicted octanol–water partition coefficient (Wildman–Crippen LogP) is 3.45. The van der Waals surface area contributed by atoms with Crippen LogP contribution in [0.1, 0.15) is 49.1 Å². The molecule has 1 aromatic carbocycles. The summed E-state index contributed by atoms with van der Waals surface area (Å²) >= 11 is 0. The van der Waals surface area contributed by atoms with Crippen molar-refractivity contribution >= 4 is 0 Å². The maximum Gasteiger partial charge on any atom is 0.145 e. The van der Waals surface area contributed by atoms with E-state index in [9.17, 15) is 9.50 Å². The highest BCUT2D eigenvalue weighted by Crippen LogP contribution is 2.35. The number of nitrogens with zero attached hydrogens (tertiary/aromatic N) is 1. The van der Waals surface area contributed by atoms with Gasteiger partial charge in [0.15, 0.2) is 0 Å². The molecule has 0 atom stereocenters. The van der Waals surface area contributed by atoms with Gasteiger partial charge in [0.1, 0.15) is 23.2 Å². The second-order valence-electron chi connectivity index (χ2n) is 4.34. The summed E-state index contributed by atoms with van der Waals surface area (Å²) in [5.74, 6) is -0.506. The summed E-state index contributed by atoms with van der Waals surface area (Å²) in [5.41, 5.74) is 0.577. The fraction of sp³-hybridized carbons (Fsp3) is 0.462. The highest BCUT2D eigenvalue weighted by molar-refractivity contribution is 5.46. The molecule has 3 heteroatoms. The summed E-state index contributed by atoms with van der Waals surface area (Å²) in [7, 11) is 0. The maximum atomic E-state index is 13.5. The fourth-order valence-electron chi connectivity index (χ4n) is 2.39. The molecule has 0 amide bonds. The smallest absolute Gasteiger partial charge is 0.145 e. The molecule has 1 N–H and O–H groups in total. The first-order chi connectivity index (χ1) is 7.72. The standard InChI is InChI=1S/C13H14FNO/c14-12-6-10(7-13(16)11(12)8-15)9-4-2-1-3-5-9/h6-7,9,16H,1-5H2. The molecule has 0 heterocycles. The quantitative estimate of drug-likeness (QED) is 0.786. The van der Waals surface area contributed by atoms with Gasteiger partial charge in [0.25, 0.3) is 0 Å². The minimum atomic E-state index is -0.608. The number of rotatable bonds is 1. The van der Waals surface area contributed by atoms with Crippen molar-refractivity contribution in [1.29, 1.82) is 5.26 Å². The molecule has 0 radical (unpaired) electrons. The summed E-state index contributed by atoms with van der Waals surface area (Å²) in [4.78, 5) is 0. The first kappa shape index (κ1) is 10.9. The molecule has 1 aromatic rings. The normalized spacial score (nSPS) is 17.0. The Bertz CT molecular complexity index is 407. The molecule has 84 valence electrons. The molecule has 0 aliphatic heterocycles. The molecule has 0 saturated heterocycles. The van der Waals surface area contributed by atoms with Crippen LogP contribution in [0.25, 0.3) is 0 Å². The van der Waals surface area contributed by atoms with Crippen LogP contribution in [0.4, 0.5) is 4.39 Å². The number of phenolic OH excluding ortho intramolecular Hbond substituents is 1.